The lowest BCUT2D eigenvalue weighted by atomic mass is 9.54. The molecule has 2 heterocycles. The summed E-state index contributed by atoms with van der Waals surface area (Å²) in [6.07, 6.45) is 9.14. The van der Waals surface area contributed by atoms with Gasteiger partial charge in [-0.05, 0) is 51.4 Å². The molecule has 3 saturated carbocycles. The van der Waals surface area contributed by atoms with Crippen LogP contribution in [0, 0.1) is 5.41 Å². The molecule has 5 rings (SSSR count). The lowest BCUT2D eigenvalue weighted by Crippen LogP contribution is -2.45. The highest BCUT2D eigenvalue weighted by Crippen LogP contribution is 2.56. The van der Waals surface area contributed by atoms with E-state index >= 15 is 0 Å². The van der Waals surface area contributed by atoms with Gasteiger partial charge in [0.25, 0.3) is 0 Å². The summed E-state index contributed by atoms with van der Waals surface area (Å²) in [7, 11) is 0. The van der Waals surface area contributed by atoms with Crippen LogP contribution in [0.1, 0.15) is 69.0 Å². The molecular weight excluding hydrogens is 268 g/mol. The number of nitrogens with zero attached hydrogens (tertiary/aromatic N) is 2. The quantitative estimate of drug-likeness (QED) is 0.801. The van der Waals surface area contributed by atoms with Crippen LogP contribution in [-0.4, -0.2) is 29.6 Å². The van der Waals surface area contributed by atoms with Crippen molar-refractivity contribution < 1.29 is 14.1 Å². The summed E-state index contributed by atoms with van der Waals surface area (Å²) in [5.74, 6) is 2.07. The van der Waals surface area contributed by atoms with Gasteiger partial charge in [-0.25, -0.2) is 0 Å². The van der Waals surface area contributed by atoms with Crippen molar-refractivity contribution in [2.45, 2.75) is 62.7 Å². The number of rotatable bonds is 3. The Morgan fingerprint density at radius 2 is 1.71 bits per heavy atom. The Morgan fingerprint density at radius 1 is 1.05 bits per heavy atom. The smallest absolute Gasteiger partial charge is 0.232 e. The fourth-order valence-corrected chi connectivity index (χ4v) is 4.28. The maximum atomic E-state index is 11.3. The molecule has 114 valence electrons. The van der Waals surface area contributed by atoms with E-state index in [4.69, 9.17) is 14.2 Å². The Morgan fingerprint density at radius 3 is 2.33 bits per heavy atom. The summed E-state index contributed by atoms with van der Waals surface area (Å²) in [5, 5.41) is 4.25. The van der Waals surface area contributed by atoms with E-state index in [1.165, 1.54) is 6.29 Å². The van der Waals surface area contributed by atoms with Crippen molar-refractivity contribution in [1.82, 2.24) is 10.1 Å². The van der Waals surface area contributed by atoms with Crippen LogP contribution >= 0.6 is 0 Å². The number of carbonyl (C=O) groups is 1. The number of fused-ring (bicyclic) bond motifs is 3. The minimum atomic E-state index is -0.0503. The predicted molar refractivity (Wildman–Crippen MR) is 75.0 cm³/mol. The standard InChI is InChI=1S/C16H22N2O3/c19-11-15-3-6-16(7-4-15,8-5-15)14-17-13(18-21-14)12-1-9-20-10-2-12/h11-12H,1-10H2. The van der Waals surface area contributed by atoms with Crippen LogP contribution in [0.4, 0.5) is 0 Å². The SMILES string of the molecule is O=CC12CCC(c3nc(C4CCOCC4)no3)(CC1)CC2. The Labute approximate surface area is 124 Å². The zero-order valence-electron chi connectivity index (χ0n) is 12.3. The lowest BCUT2D eigenvalue weighted by molar-refractivity contribution is -0.122. The highest BCUT2D eigenvalue weighted by atomic mass is 16.5. The van der Waals surface area contributed by atoms with Gasteiger partial charge in [0.2, 0.25) is 5.89 Å². The van der Waals surface area contributed by atoms with Crippen molar-refractivity contribution in [3.8, 4) is 0 Å². The van der Waals surface area contributed by atoms with Gasteiger partial charge in [0.15, 0.2) is 5.82 Å². The second-order valence-corrected chi connectivity index (χ2v) is 7.10. The zero-order valence-corrected chi connectivity index (χ0v) is 12.3. The third-order valence-corrected chi connectivity index (χ3v) is 6.04. The van der Waals surface area contributed by atoms with Gasteiger partial charge in [-0.3, -0.25) is 0 Å². The lowest BCUT2D eigenvalue weighted by Gasteiger charge is -2.49. The van der Waals surface area contributed by atoms with Gasteiger partial charge in [0, 0.05) is 30.0 Å². The number of ether oxygens (including phenoxy) is 1. The molecule has 5 heteroatoms. The van der Waals surface area contributed by atoms with Crippen LogP contribution in [0.2, 0.25) is 0 Å². The van der Waals surface area contributed by atoms with Crippen molar-refractivity contribution in [1.29, 1.82) is 0 Å². The second-order valence-electron chi connectivity index (χ2n) is 7.10. The van der Waals surface area contributed by atoms with E-state index in [-0.39, 0.29) is 10.8 Å². The Hall–Kier alpha value is -1.23. The summed E-state index contributed by atoms with van der Waals surface area (Å²) in [6.45, 7) is 1.59. The molecule has 0 radical (unpaired) electrons. The Kier molecular flexibility index (Phi) is 3.14. The average Bonchev–Trinajstić information content (AvgIpc) is 3.08. The van der Waals surface area contributed by atoms with E-state index in [0.717, 1.165) is 76.3 Å². The third-order valence-electron chi connectivity index (χ3n) is 6.04. The Balaban J connectivity index is 1.54. The number of hydrogen-bond donors (Lipinski definition) is 0. The molecule has 0 spiro atoms. The van der Waals surface area contributed by atoms with Gasteiger partial charge >= 0.3 is 0 Å². The fraction of sp³-hybridized carbons (Fsp3) is 0.812. The highest BCUT2D eigenvalue weighted by Gasteiger charge is 2.52. The number of hydrogen-bond acceptors (Lipinski definition) is 5. The van der Waals surface area contributed by atoms with Crippen LogP contribution in [0.15, 0.2) is 4.52 Å². The summed E-state index contributed by atoms with van der Waals surface area (Å²) >= 11 is 0. The summed E-state index contributed by atoms with van der Waals surface area (Å²) < 4.78 is 11.0. The van der Waals surface area contributed by atoms with E-state index in [0.29, 0.717) is 5.92 Å². The van der Waals surface area contributed by atoms with Gasteiger partial charge in [-0.15, -0.1) is 0 Å². The molecule has 0 N–H and O–H groups in total. The van der Waals surface area contributed by atoms with Crippen molar-refractivity contribution >= 4 is 6.29 Å². The van der Waals surface area contributed by atoms with Crippen molar-refractivity contribution in [3.63, 3.8) is 0 Å². The topological polar surface area (TPSA) is 65.2 Å². The monoisotopic (exact) mass is 290 g/mol. The molecule has 4 aliphatic rings. The Bertz CT molecular complexity index is 509. The van der Waals surface area contributed by atoms with Crippen LogP contribution in [0.5, 0.6) is 0 Å². The van der Waals surface area contributed by atoms with Crippen LogP contribution < -0.4 is 0 Å². The predicted octanol–water partition coefficient (Wildman–Crippen LogP) is 2.75. The third kappa shape index (κ3) is 2.13. The minimum absolute atomic E-state index is 0.0428. The molecule has 0 unspecified atom stereocenters. The largest absolute Gasteiger partial charge is 0.381 e. The molecule has 1 aromatic rings. The van der Waals surface area contributed by atoms with Gasteiger partial charge in [0.05, 0.1) is 0 Å². The van der Waals surface area contributed by atoms with Crippen LogP contribution in [0.25, 0.3) is 0 Å². The summed E-state index contributed by atoms with van der Waals surface area (Å²) in [4.78, 5) is 16.1. The van der Waals surface area contributed by atoms with E-state index in [1.54, 1.807) is 0 Å². The zero-order chi connectivity index (χ0) is 14.3. The molecule has 2 bridgehead atoms. The van der Waals surface area contributed by atoms with Crippen LogP contribution in [0.3, 0.4) is 0 Å². The van der Waals surface area contributed by atoms with Gasteiger partial charge < -0.3 is 14.1 Å². The molecule has 1 aromatic heterocycles. The summed E-state index contributed by atoms with van der Waals surface area (Å²) in [5.41, 5.74) is -0.00745. The summed E-state index contributed by atoms with van der Waals surface area (Å²) in [6, 6.07) is 0. The average molecular weight is 290 g/mol. The number of aromatic nitrogens is 2. The van der Waals surface area contributed by atoms with Crippen molar-refractivity contribution in [2.75, 3.05) is 13.2 Å². The van der Waals surface area contributed by atoms with Gasteiger partial charge in [0.1, 0.15) is 6.29 Å². The van der Waals surface area contributed by atoms with Crippen molar-refractivity contribution in [3.05, 3.63) is 11.7 Å². The first-order valence-corrected chi connectivity index (χ1v) is 8.14. The first-order chi connectivity index (χ1) is 10.3. The van der Waals surface area contributed by atoms with E-state index in [2.05, 4.69) is 5.16 Å². The number of carbonyl (C=O) groups excluding carboxylic acids is 1. The van der Waals surface area contributed by atoms with E-state index in [1.807, 2.05) is 0 Å². The molecule has 0 atom stereocenters. The minimum Gasteiger partial charge on any atom is -0.381 e. The molecule has 21 heavy (non-hydrogen) atoms. The van der Waals surface area contributed by atoms with E-state index in [9.17, 15) is 4.79 Å². The number of aldehydes is 1. The van der Waals surface area contributed by atoms with Gasteiger partial charge in [-0.2, -0.15) is 4.98 Å². The maximum Gasteiger partial charge on any atom is 0.232 e. The second kappa shape index (κ2) is 4.90. The fourth-order valence-electron chi connectivity index (χ4n) is 4.28. The molecule has 3 aliphatic carbocycles. The van der Waals surface area contributed by atoms with Crippen molar-refractivity contribution in [2.24, 2.45) is 5.41 Å². The molecule has 0 aromatic carbocycles. The first kappa shape index (κ1) is 13.4. The molecule has 4 fully saturated rings. The maximum absolute atomic E-state index is 11.3. The first-order valence-electron chi connectivity index (χ1n) is 8.14. The highest BCUT2D eigenvalue weighted by molar-refractivity contribution is 5.60. The van der Waals surface area contributed by atoms with E-state index < -0.39 is 0 Å². The molecule has 5 nitrogen and oxygen atoms in total. The van der Waals surface area contributed by atoms with Gasteiger partial charge in [-0.1, -0.05) is 5.16 Å². The molecule has 1 aliphatic heterocycles. The molecule has 0 amide bonds. The molecular formula is C16H22N2O3. The molecule has 1 saturated heterocycles. The van der Waals surface area contributed by atoms with Crippen LogP contribution in [-0.2, 0) is 14.9 Å². The normalized spacial score (nSPS) is 36.8.